The summed E-state index contributed by atoms with van der Waals surface area (Å²) in [6.07, 6.45) is -0.516. The molecule has 1 N–H and O–H groups in total. The fourth-order valence-corrected chi connectivity index (χ4v) is 5.61. The molecule has 0 bridgehead atoms. The minimum absolute atomic E-state index is 0.00106. The third kappa shape index (κ3) is 3.97. The molecule has 3 heterocycles. The van der Waals surface area contributed by atoms with Gasteiger partial charge in [0.2, 0.25) is 0 Å². The van der Waals surface area contributed by atoms with Crippen LogP contribution < -0.4 is 10.3 Å². The zero-order valence-electron chi connectivity index (χ0n) is 18.2. The predicted octanol–water partition coefficient (Wildman–Crippen LogP) is 6.45. The Morgan fingerprint density at radius 2 is 2.06 bits per heavy atom. The minimum Gasteiger partial charge on any atom is -0.505 e. The van der Waals surface area contributed by atoms with E-state index < -0.39 is 11.9 Å². The maximum Gasteiger partial charge on any atom is 0.573 e. The van der Waals surface area contributed by atoms with Crippen molar-refractivity contribution in [3.05, 3.63) is 69.6 Å². The molecule has 5 aromatic rings. The number of phenols is 1. The Labute approximate surface area is 209 Å². The van der Waals surface area contributed by atoms with Gasteiger partial charge < -0.3 is 14.3 Å². The molecule has 1 aliphatic carbocycles. The van der Waals surface area contributed by atoms with E-state index in [0.29, 0.717) is 37.2 Å². The van der Waals surface area contributed by atoms with Gasteiger partial charge in [0.15, 0.2) is 12.1 Å². The zero-order chi connectivity index (χ0) is 25.2. The van der Waals surface area contributed by atoms with Crippen molar-refractivity contribution in [3.63, 3.8) is 0 Å². The van der Waals surface area contributed by atoms with Crippen molar-refractivity contribution in [2.45, 2.75) is 31.7 Å². The predicted molar refractivity (Wildman–Crippen MR) is 128 cm³/mol. The molecular formula is C24H15ClF3N3O4S. The minimum atomic E-state index is -4.83. The van der Waals surface area contributed by atoms with Gasteiger partial charge in [0, 0.05) is 10.9 Å². The smallest absolute Gasteiger partial charge is 0.505 e. The number of fused-ring (bicyclic) bond motifs is 3. The number of rotatable bonds is 5. The van der Waals surface area contributed by atoms with Crippen LogP contribution in [0.3, 0.4) is 0 Å². The molecule has 0 atom stereocenters. The first kappa shape index (κ1) is 22.9. The molecule has 0 aliphatic heterocycles. The summed E-state index contributed by atoms with van der Waals surface area (Å²) in [6.45, 7) is -0.00106. The fourth-order valence-electron chi connectivity index (χ4n) is 4.29. The molecule has 1 fully saturated rings. The molecule has 0 saturated heterocycles. The van der Waals surface area contributed by atoms with Crippen molar-refractivity contribution in [2.24, 2.45) is 0 Å². The largest absolute Gasteiger partial charge is 0.573 e. The molecule has 1 aliphatic rings. The Morgan fingerprint density at radius 3 is 2.75 bits per heavy atom. The molecule has 12 heteroatoms. The van der Waals surface area contributed by atoms with Crippen LogP contribution in [0.5, 0.6) is 11.5 Å². The van der Waals surface area contributed by atoms with Gasteiger partial charge in [-0.15, -0.1) is 24.5 Å². The molecule has 36 heavy (non-hydrogen) atoms. The van der Waals surface area contributed by atoms with Gasteiger partial charge >= 0.3 is 6.36 Å². The first-order valence-corrected chi connectivity index (χ1v) is 12.0. The van der Waals surface area contributed by atoms with Crippen LogP contribution in [0.15, 0.2) is 52.1 Å². The number of hydrogen-bond acceptors (Lipinski definition) is 7. The summed E-state index contributed by atoms with van der Waals surface area (Å²) >= 11 is 7.19. The Balaban J connectivity index is 1.62. The Morgan fingerprint density at radius 1 is 1.25 bits per heavy atom. The average Bonchev–Trinajstić information content (AvgIpc) is 3.40. The van der Waals surface area contributed by atoms with E-state index in [1.807, 2.05) is 0 Å². The second kappa shape index (κ2) is 8.24. The summed E-state index contributed by atoms with van der Waals surface area (Å²) in [7, 11) is 0. The Kier molecular flexibility index (Phi) is 5.23. The van der Waals surface area contributed by atoms with E-state index in [0.717, 1.165) is 24.2 Å². The van der Waals surface area contributed by atoms with Crippen LogP contribution in [0.2, 0.25) is 5.02 Å². The number of ether oxygens (including phenoxy) is 1. The standard InChI is InChI=1S/C24H15ClF3N3O4S/c25-17-6-5-15-18-22(36-20(15)19(17)32)30-21(31(23(18)33)9-13-8-29-10-34-13)14-4-3-12(35-24(26,27)28)7-16(14)11-1-2-11/h3-8,10-11,32H,1-2,9H2. The number of phenolic OH excluding ortho intramolecular Hbond substituents is 1. The molecule has 1 saturated carbocycles. The summed E-state index contributed by atoms with van der Waals surface area (Å²) in [5.74, 6) is 0.205. The van der Waals surface area contributed by atoms with E-state index in [9.17, 15) is 23.1 Å². The molecule has 184 valence electrons. The highest BCUT2D eigenvalue weighted by atomic mass is 35.5. The number of benzene rings is 2. The lowest BCUT2D eigenvalue weighted by molar-refractivity contribution is -0.274. The van der Waals surface area contributed by atoms with E-state index in [-0.39, 0.29) is 34.8 Å². The lowest BCUT2D eigenvalue weighted by atomic mass is 10.0. The van der Waals surface area contributed by atoms with Crippen LogP contribution in [0.25, 0.3) is 31.7 Å². The maximum atomic E-state index is 13.9. The molecule has 0 radical (unpaired) electrons. The molecule has 7 nitrogen and oxygen atoms in total. The number of thiophene rings is 1. The van der Waals surface area contributed by atoms with Crippen LogP contribution in [-0.4, -0.2) is 26.0 Å². The quantitative estimate of drug-likeness (QED) is 0.279. The van der Waals surface area contributed by atoms with Crippen molar-refractivity contribution < 1.29 is 27.4 Å². The Bertz CT molecular complexity index is 1690. The number of nitrogens with zero attached hydrogens (tertiary/aromatic N) is 3. The van der Waals surface area contributed by atoms with Gasteiger partial charge in [-0.3, -0.25) is 9.36 Å². The maximum absolute atomic E-state index is 13.9. The highest BCUT2D eigenvalue weighted by Gasteiger charge is 2.34. The lowest BCUT2D eigenvalue weighted by Gasteiger charge is -2.16. The summed E-state index contributed by atoms with van der Waals surface area (Å²) in [5, 5.41) is 11.4. The van der Waals surface area contributed by atoms with E-state index >= 15 is 0 Å². The third-order valence-corrected chi connectivity index (χ3v) is 7.41. The van der Waals surface area contributed by atoms with Crippen molar-refractivity contribution >= 4 is 43.2 Å². The van der Waals surface area contributed by atoms with Crippen LogP contribution in [0.4, 0.5) is 13.2 Å². The highest BCUT2D eigenvalue weighted by Crippen LogP contribution is 2.46. The first-order valence-electron chi connectivity index (χ1n) is 10.8. The number of aromatic nitrogens is 3. The van der Waals surface area contributed by atoms with Crippen molar-refractivity contribution in [1.82, 2.24) is 14.5 Å². The van der Waals surface area contributed by atoms with E-state index in [4.69, 9.17) is 21.0 Å². The van der Waals surface area contributed by atoms with Crippen LogP contribution in [0, 0.1) is 0 Å². The third-order valence-electron chi connectivity index (χ3n) is 6.00. The van der Waals surface area contributed by atoms with E-state index in [1.54, 1.807) is 6.07 Å². The lowest BCUT2D eigenvalue weighted by Crippen LogP contribution is -2.24. The van der Waals surface area contributed by atoms with Crippen LogP contribution in [0.1, 0.15) is 30.1 Å². The molecule has 0 spiro atoms. The topological polar surface area (TPSA) is 90.4 Å². The monoisotopic (exact) mass is 533 g/mol. The van der Waals surface area contributed by atoms with Crippen LogP contribution in [-0.2, 0) is 6.54 Å². The summed E-state index contributed by atoms with van der Waals surface area (Å²) in [4.78, 5) is 22.9. The van der Waals surface area contributed by atoms with E-state index in [1.165, 1.54) is 41.4 Å². The normalized spacial score (nSPS) is 14.1. The molecule has 6 rings (SSSR count). The van der Waals surface area contributed by atoms with Crippen molar-refractivity contribution in [1.29, 1.82) is 0 Å². The number of alkyl halides is 3. The summed E-state index contributed by atoms with van der Waals surface area (Å²) in [5.41, 5.74) is 0.739. The van der Waals surface area contributed by atoms with Gasteiger partial charge in [-0.2, -0.15) is 0 Å². The molecular weight excluding hydrogens is 519 g/mol. The van der Waals surface area contributed by atoms with Gasteiger partial charge in [-0.05, 0) is 48.6 Å². The molecule has 2 aromatic carbocycles. The van der Waals surface area contributed by atoms with Gasteiger partial charge in [0.1, 0.15) is 22.2 Å². The SMILES string of the molecule is O=c1c2c(nc(-c3ccc(OC(F)(F)F)cc3C3CC3)n1Cc1cnco1)sc1c(O)c(Cl)ccc12. The number of aromatic hydroxyl groups is 1. The zero-order valence-corrected chi connectivity index (χ0v) is 19.7. The summed E-state index contributed by atoms with van der Waals surface area (Å²) in [6, 6.07) is 7.20. The van der Waals surface area contributed by atoms with Gasteiger partial charge in [0.25, 0.3) is 5.56 Å². The molecule has 3 aromatic heterocycles. The second-order valence-corrected chi connectivity index (χ2v) is 9.83. The van der Waals surface area contributed by atoms with Crippen LogP contribution >= 0.6 is 22.9 Å². The molecule has 0 amide bonds. The summed E-state index contributed by atoms with van der Waals surface area (Å²) < 4.78 is 49.9. The number of hydrogen-bond donors (Lipinski definition) is 1. The Hall–Kier alpha value is -3.57. The van der Waals surface area contributed by atoms with Gasteiger partial charge in [0.05, 0.1) is 27.9 Å². The number of oxazole rings is 1. The van der Waals surface area contributed by atoms with E-state index in [2.05, 4.69) is 9.72 Å². The van der Waals surface area contributed by atoms with Crippen molar-refractivity contribution in [3.8, 4) is 22.9 Å². The fraction of sp³-hybridized carbons (Fsp3) is 0.208. The number of halogens is 4. The first-order chi connectivity index (χ1) is 17.2. The highest BCUT2D eigenvalue weighted by molar-refractivity contribution is 7.25. The second-order valence-electron chi connectivity index (χ2n) is 8.42. The average molecular weight is 534 g/mol. The van der Waals surface area contributed by atoms with Crippen molar-refractivity contribution in [2.75, 3.05) is 0 Å². The molecule has 0 unspecified atom stereocenters. The van der Waals surface area contributed by atoms with Gasteiger partial charge in [-0.25, -0.2) is 9.97 Å². The van der Waals surface area contributed by atoms with Gasteiger partial charge in [-0.1, -0.05) is 17.7 Å².